The third-order valence-electron chi connectivity index (χ3n) is 2.88. The summed E-state index contributed by atoms with van der Waals surface area (Å²) in [6, 6.07) is 4.23. The first-order valence-corrected chi connectivity index (χ1v) is 7.02. The molecule has 1 aromatic heterocycles. The number of nitrogens with two attached hydrogens (primary N) is 1. The summed E-state index contributed by atoms with van der Waals surface area (Å²) in [6.45, 7) is 2.01. The molecule has 0 aliphatic rings. The van der Waals surface area contributed by atoms with Crippen LogP contribution in [-0.2, 0) is 12.8 Å². The second-order valence-corrected chi connectivity index (χ2v) is 5.29. The fraction of sp³-hybridized carbons (Fsp3) is 0.333. The molecule has 2 aromatic rings. The monoisotopic (exact) mass is 300 g/mol. The zero-order valence-corrected chi connectivity index (χ0v) is 11.9. The Morgan fingerprint density at radius 2 is 2.32 bits per heavy atom. The average molecular weight is 301 g/mol. The molecule has 2 rings (SSSR count). The third-order valence-corrected chi connectivity index (χ3v) is 4.11. The molecule has 7 heteroatoms. The summed E-state index contributed by atoms with van der Waals surface area (Å²) in [5, 5.41) is 4.46. The molecule has 1 aromatic carbocycles. The van der Waals surface area contributed by atoms with Crippen LogP contribution in [0.15, 0.2) is 18.2 Å². The fourth-order valence-electron chi connectivity index (χ4n) is 1.86. The van der Waals surface area contributed by atoms with Crippen LogP contribution in [-0.4, -0.2) is 9.59 Å². The van der Waals surface area contributed by atoms with Crippen molar-refractivity contribution in [2.75, 3.05) is 0 Å². The molecule has 1 unspecified atom stereocenters. The van der Waals surface area contributed by atoms with Gasteiger partial charge in [0.15, 0.2) is 0 Å². The van der Waals surface area contributed by atoms with Crippen molar-refractivity contribution in [3.05, 3.63) is 45.2 Å². The number of nitrogens with one attached hydrogen (secondary N) is 1. The number of rotatable bonds is 5. The first-order valence-electron chi connectivity index (χ1n) is 5.86. The van der Waals surface area contributed by atoms with Gasteiger partial charge < -0.3 is 0 Å². The third kappa shape index (κ3) is 3.27. The Morgan fingerprint density at radius 1 is 1.53 bits per heavy atom. The highest BCUT2D eigenvalue weighted by molar-refractivity contribution is 7.05. The average Bonchev–Trinajstić information content (AvgIpc) is 2.86. The number of halogens is 2. The normalized spacial score (nSPS) is 12.6. The molecule has 0 amide bonds. The van der Waals surface area contributed by atoms with Crippen molar-refractivity contribution in [2.45, 2.75) is 25.8 Å². The van der Waals surface area contributed by atoms with Crippen LogP contribution in [0.3, 0.4) is 0 Å². The van der Waals surface area contributed by atoms with Gasteiger partial charge in [0.1, 0.15) is 5.82 Å². The predicted octanol–water partition coefficient (Wildman–Crippen LogP) is 2.64. The number of hydrogen-bond donors (Lipinski definition) is 2. The molecular formula is C12H14ClFN4S. The second kappa shape index (κ2) is 6.38. The Kier molecular flexibility index (Phi) is 4.81. The van der Waals surface area contributed by atoms with E-state index in [2.05, 4.69) is 15.0 Å². The lowest BCUT2D eigenvalue weighted by Crippen LogP contribution is -2.29. The van der Waals surface area contributed by atoms with E-state index in [1.165, 1.54) is 23.7 Å². The molecular weight excluding hydrogens is 287 g/mol. The van der Waals surface area contributed by atoms with Gasteiger partial charge in [0, 0.05) is 5.02 Å². The Hall–Kier alpha value is -1.08. The highest BCUT2D eigenvalue weighted by Crippen LogP contribution is 2.27. The van der Waals surface area contributed by atoms with Crippen LogP contribution in [0.25, 0.3) is 0 Å². The minimum atomic E-state index is -0.347. The van der Waals surface area contributed by atoms with Crippen LogP contribution in [0.5, 0.6) is 0 Å². The standard InChI is InChI=1S/C12H14ClFN4S/c1-2-10-12(19-18-17-10)11(16-15)5-7-3-4-8(14)6-9(7)13/h3-4,6,11,16H,2,5,15H2,1H3. The number of hydrogen-bond acceptors (Lipinski definition) is 5. The summed E-state index contributed by atoms with van der Waals surface area (Å²) in [5.41, 5.74) is 4.50. The van der Waals surface area contributed by atoms with Gasteiger partial charge in [-0.05, 0) is 42.1 Å². The van der Waals surface area contributed by atoms with Crippen molar-refractivity contribution < 1.29 is 4.39 Å². The van der Waals surface area contributed by atoms with E-state index in [0.29, 0.717) is 11.4 Å². The van der Waals surface area contributed by atoms with Crippen molar-refractivity contribution in [1.29, 1.82) is 0 Å². The first kappa shape index (κ1) is 14.3. The molecule has 1 heterocycles. The van der Waals surface area contributed by atoms with Gasteiger partial charge in [-0.3, -0.25) is 11.3 Å². The van der Waals surface area contributed by atoms with Gasteiger partial charge in [0.05, 0.1) is 16.6 Å². The number of aryl methyl sites for hydroxylation is 1. The van der Waals surface area contributed by atoms with Crippen molar-refractivity contribution in [3.8, 4) is 0 Å². The molecule has 4 nitrogen and oxygen atoms in total. The number of benzene rings is 1. The quantitative estimate of drug-likeness (QED) is 0.658. The molecule has 0 saturated heterocycles. The minimum absolute atomic E-state index is 0.127. The zero-order chi connectivity index (χ0) is 13.8. The Morgan fingerprint density at radius 3 is 2.95 bits per heavy atom. The summed E-state index contributed by atoms with van der Waals surface area (Å²) >= 11 is 7.34. The summed E-state index contributed by atoms with van der Waals surface area (Å²) in [7, 11) is 0. The Labute approximate surface area is 119 Å². The van der Waals surface area contributed by atoms with Crippen LogP contribution in [0.2, 0.25) is 5.02 Å². The molecule has 0 aliphatic heterocycles. The fourth-order valence-corrected chi connectivity index (χ4v) is 2.90. The van der Waals surface area contributed by atoms with Crippen LogP contribution >= 0.6 is 23.1 Å². The topological polar surface area (TPSA) is 63.8 Å². The van der Waals surface area contributed by atoms with E-state index in [4.69, 9.17) is 17.4 Å². The van der Waals surface area contributed by atoms with Gasteiger partial charge in [-0.2, -0.15) is 0 Å². The van der Waals surface area contributed by atoms with Crippen molar-refractivity contribution in [1.82, 2.24) is 15.0 Å². The second-order valence-electron chi connectivity index (χ2n) is 4.10. The molecule has 102 valence electrons. The number of aromatic nitrogens is 2. The van der Waals surface area contributed by atoms with Gasteiger partial charge in [0.25, 0.3) is 0 Å². The van der Waals surface area contributed by atoms with Crippen LogP contribution in [0, 0.1) is 5.82 Å². The summed E-state index contributed by atoms with van der Waals surface area (Å²) in [5.74, 6) is 5.25. The number of hydrazine groups is 1. The SMILES string of the molecule is CCc1nnsc1C(Cc1ccc(F)cc1Cl)NN. The van der Waals surface area contributed by atoms with Gasteiger partial charge >= 0.3 is 0 Å². The lowest BCUT2D eigenvalue weighted by Gasteiger charge is -2.15. The van der Waals surface area contributed by atoms with Gasteiger partial charge in [0.2, 0.25) is 0 Å². The lowest BCUT2D eigenvalue weighted by molar-refractivity contribution is 0.554. The number of nitrogens with zero attached hydrogens (tertiary/aromatic N) is 2. The molecule has 0 fully saturated rings. The molecule has 0 aliphatic carbocycles. The van der Waals surface area contributed by atoms with Gasteiger partial charge in [-0.25, -0.2) is 4.39 Å². The molecule has 0 saturated carbocycles. The van der Waals surface area contributed by atoms with E-state index in [1.54, 1.807) is 6.07 Å². The van der Waals surface area contributed by atoms with Crippen molar-refractivity contribution >= 4 is 23.1 Å². The molecule has 0 spiro atoms. The maximum atomic E-state index is 13.0. The molecule has 3 N–H and O–H groups in total. The Bertz CT molecular complexity index is 560. The van der Waals surface area contributed by atoms with Crippen LogP contribution in [0.4, 0.5) is 4.39 Å². The zero-order valence-electron chi connectivity index (χ0n) is 10.4. The highest BCUT2D eigenvalue weighted by atomic mass is 35.5. The van der Waals surface area contributed by atoms with E-state index in [-0.39, 0.29) is 11.9 Å². The molecule has 0 radical (unpaired) electrons. The summed E-state index contributed by atoms with van der Waals surface area (Å²) in [6.07, 6.45) is 1.35. The van der Waals surface area contributed by atoms with Crippen LogP contribution < -0.4 is 11.3 Å². The van der Waals surface area contributed by atoms with E-state index in [1.807, 2.05) is 6.92 Å². The summed E-state index contributed by atoms with van der Waals surface area (Å²) in [4.78, 5) is 0.991. The maximum absolute atomic E-state index is 13.0. The largest absolute Gasteiger partial charge is 0.271 e. The van der Waals surface area contributed by atoms with Crippen molar-refractivity contribution in [2.24, 2.45) is 5.84 Å². The van der Waals surface area contributed by atoms with E-state index >= 15 is 0 Å². The lowest BCUT2D eigenvalue weighted by atomic mass is 10.0. The Balaban J connectivity index is 2.24. The van der Waals surface area contributed by atoms with E-state index in [9.17, 15) is 4.39 Å². The van der Waals surface area contributed by atoms with Gasteiger partial charge in [-0.1, -0.05) is 29.1 Å². The minimum Gasteiger partial charge on any atom is -0.271 e. The van der Waals surface area contributed by atoms with Crippen molar-refractivity contribution in [3.63, 3.8) is 0 Å². The predicted molar refractivity (Wildman–Crippen MR) is 74.5 cm³/mol. The first-order chi connectivity index (χ1) is 9.15. The molecule has 1 atom stereocenters. The maximum Gasteiger partial charge on any atom is 0.124 e. The van der Waals surface area contributed by atoms with E-state index in [0.717, 1.165) is 22.6 Å². The molecule has 19 heavy (non-hydrogen) atoms. The summed E-state index contributed by atoms with van der Waals surface area (Å²) < 4.78 is 17.0. The van der Waals surface area contributed by atoms with E-state index < -0.39 is 0 Å². The van der Waals surface area contributed by atoms with Crippen LogP contribution in [0.1, 0.15) is 29.1 Å². The smallest absolute Gasteiger partial charge is 0.124 e. The van der Waals surface area contributed by atoms with Gasteiger partial charge in [-0.15, -0.1) is 5.10 Å². The molecule has 0 bridgehead atoms. The highest BCUT2D eigenvalue weighted by Gasteiger charge is 2.19.